The fourth-order valence-corrected chi connectivity index (χ4v) is 10.3. The van der Waals surface area contributed by atoms with Gasteiger partial charge in [-0.3, -0.25) is 0 Å². The molecule has 4 aromatic carbocycles. The predicted molar refractivity (Wildman–Crippen MR) is 223 cm³/mol. The third kappa shape index (κ3) is 8.72. The van der Waals surface area contributed by atoms with E-state index in [2.05, 4.69) is 142 Å². The Labute approximate surface area is 329 Å². The molecule has 3 aromatic heterocycles. The van der Waals surface area contributed by atoms with Crippen LogP contribution in [0.4, 0.5) is 0 Å². The summed E-state index contributed by atoms with van der Waals surface area (Å²) in [4.78, 5) is 9.45. The molecule has 0 bridgehead atoms. The number of rotatable bonds is 7. The number of hydrogen-bond donors (Lipinski definition) is 0. The van der Waals surface area contributed by atoms with Gasteiger partial charge in [-0.25, -0.2) is 0 Å². The molecule has 267 valence electrons. The van der Waals surface area contributed by atoms with E-state index in [1.54, 1.807) is 0 Å². The second-order valence-corrected chi connectivity index (χ2v) is 21.5. The molecule has 1 saturated carbocycles. The van der Waals surface area contributed by atoms with Crippen LogP contribution in [-0.2, 0) is 26.5 Å². The molecule has 0 aliphatic heterocycles. The number of pyridine rings is 2. The molecular weight excluding hydrogens is 845 g/mol. The number of hydrogen-bond acceptors (Lipinski definition) is 3. The van der Waals surface area contributed by atoms with Crippen molar-refractivity contribution in [2.75, 3.05) is 0 Å². The monoisotopic (exact) mass is 893 g/mol. The van der Waals surface area contributed by atoms with Crippen molar-refractivity contribution < 1.29 is 20.1 Å². The molecule has 5 heteroatoms. The van der Waals surface area contributed by atoms with Gasteiger partial charge in [0.2, 0.25) is 0 Å². The molecule has 52 heavy (non-hydrogen) atoms. The molecule has 1 aliphatic rings. The summed E-state index contributed by atoms with van der Waals surface area (Å²) in [5.74, 6) is 1.35. The van der Waals surface area contributed by atoms with Gasteiger partial charge in [0.15, 0.2) is 0 Å². The third-order valence-corrected chi connectivity index (χ3v) is 13.3. The van der Waals surface area contributed by atoms with Crippen LogP contribution in [0.15, 0.2) is 116 Å². The van der Waals surface area contributed by atoms with E-state index in [1.807, 2.05) is 35.7 Å². The Kier molecular flexibility index (Phi) is 12.4. The minimum Gasteiger partial charge on any atom is -0.305 e. The molecule has 1 aliphatic carbocycles. The first-order chi connectivity index (χ1) is 24.7. The van der Waals surface area contributed by atoms with E-state index in [4.69, 9.17) is 4.98 Å². The largest absolute Gasteiger partial charge is 0.305 e. The van der Waals surface area contributed by atoms with Crippen molar-refractivity contribution in [2.45, 2.75) is 77.9 Å². The van der Waals surface area contributed by atoms with Crippen LogP contribution in [0, 0.1) is 18.1 Å². The summed E-state index contributed by atoms with van der Waals surface area (Å²) >= 11 is 1.86. The van der Waals surface area contributed by atoms with Gasteiger partial charge in [-0.1, -0.05) is 124 Å². The summed E-state index contributed by atoms with van der Waals surface area (Å²) in [5, 5.41) is 4.11. The van der Waals surface area contributed by atoms with Gasteiger partial charge in [0, 0.05) is 37.2 Å². The van der Waals surface area contributed by atoms with Gasteiger partial charge in [0.05, 0.1) is 8.07 Å². The topological polar surface area (TPSA) is 25.8 Å². The summed E-state index contributed by atoms with van der Waals surface area (Å²) in [7, 11) is -1.34. The minimum atomic E-state index is -1.34. The second kappa shape index (κ2) is 16.9. The number of fused-ring (bicyclic) bond motifs is 3. The van der Waals surface area contributed by atoms with Crippen LogP contribution in [0.1, 0.15) is 63.0 Å². The predicted octanol–water partition coefficient (Wildman–Crippen LogP) is 12.9. The number of aromatic nitrogens is 2. The third-order valence-electron chi connectivity index (χ3n) is 10.1. The molecule has 0 atom stereocenters. The molecule has 7 aromatic rings. The van der Waals surface area contributed by atoms with Gasteiger partial charge in [-0.05, 0) is 81.0 Å². The Bertz CT molecular complexity index is 2230. The van der Waals surface area contributed by atoms with Crippen LogP contribution < -0.4 is 5.19 Å². The zero-order valence-corrected chi connectivity index (χ0v) is 35.2. The number of thiophene rings is 1. The zero-order chi connectivity index (χ0) is 35.4. The van der Waals surface area contributed by atoms with Crippen LogP contribution in [0.2, 0.25) is 19.6 Å². The maximum absolute atomic E-state index is 4.77. The minimum absolute atomic E-state index is 0. The van der Waals surface area contributed by atoms with E-state index < -0.39 is 8.07 Å². The summed E-state index contributed by atoms with van der Waals surface area (Å²) in [6.07, 6.45) is 11.9. The van der Waals surface area contributed by atoms with Crippen molar-refractivity contribution in [3.8, 4) is 33.6 Å². The van der Waals surface area contributed by atoms with Gasteiger partial charge in [-0.15, -0.1) is 59.7 Å². The SMILES string of the molecule is CC(C)Cc1cc(-c2[c-]cccc2)ncc1[Si](C)(C)C.[Ir].[c-]1ccc2c(sc3cc(-c4ccccc4)ccc32)c1-c1cc(C2CCCCC2)ccn1. The second-order valence-electron chi connectivity index (χ2n) is 15.4. The Morgan fingerprint density at radius 1 is 0.750 bits per heavy atom. The van der Waals surface area contributed by atoms with E-state index in [-0.39, 0.29) is 20.1 Å². The average molecular weight is 893 g/mol. The van der Waals surface area contributed by atoms with E-state index in [9.17, 15) is 0 Å². The van der Waals surface area contributed by atoms with Gasteiger partial charge in [0.1, 0.15) is 0 Å². The van der Waals surface area contributed by atoms with Gasteiger partial charge in [-0.2, -0.15) is 11.3 Å². The van der Waals surface area contributed by atoms with Crippen LogP contribution in [0.25, 0.3) is 53.8 Å². The van der Waals surface area contributed by atoms with Crippen molar-refractivity contribution in [2.24, 2.45) is 5.92 Å². The molecule has 0 N–H and O–H groups in total. The smallest absolute Gasteiger partial charge is 0.0798 e. The summed E-state index contributed by atoms with van der Waals surface area (Å²) in [6, 6.07) is 43.4. The summed E-state index contributed by atoms with van der Waals surface area (Å²) in [5.41, 5.74) is 9.77. The Balaban J connectivity index is 0.000000193. The Hall–Kier alpha value is -3.73. The van der Waals surface area contributed by atoms with E-state index in [1.165, 1.54) is 79.7 Å². The molecule has 0 spiro atoms. The summed E-state index contributed by atoms with van der Waals surface area (Å²) in [6.45, 7) is 11.7. The van der Waals surface area contributed by atoms with Gasteiger partial charge < -0.3 is 9.97 Å². The molecule has 0 unspecified atom stereocenters. The van der Waals surface area contributed by atoms with Crippen LogP contribution in [-0.4, -0.2) is 18.0 Å². The first-order valence-corrected chi connectivity index (χ1v) is 22.9. The molecule has 3 heterocycles. The van der Waals surface area contributed by atoms with Crippen LogP contribution >= 0.6 is 11.3 Å². The fraction of sp³-hybridized carbons (Fsp3) is 0.277. The molecule has 0 amide bonds. The fourth-order valence-electron chi connectivity index (χ4n) is 7.50. The van der Waals surface area contributed by atoms with Crippen molar-refractivity contribution in [1.82, 2.24) is 9.97 Å². The van der Waals surface area contributed by atoms with E-state index in [0.717, 1.165) is 28.9 Å². The molecule has 8 rings (SSSR count). The van der Waals surface area contributed by atoms with Gasteiger partial charge >= 0.3 is 0 Å². The molecule has 0 saturated heterocycles. The zero-order valence-electron chi connectivity index (χ0n) is 31.0. The van der Waals surface area contributed by atoms with Gasteiger partial charge in [0.25, 0.3) is 0 Å². The van der Waals surface area contributed by atoms with E-state index >= 15 is 0 Å². The first-order valence-electron chi connectivity index (χ1n) is 18.6. The molecule has 1 radical (unpaired) electrons. The molecule has 2 nitrogen and oxygen atoms in total. The quantitative estimate of drug-likeness (QED) is 0.118. The van der Waals surface area contributed by atoms with Crippen molar-refractivity contribution in [3.63, 3.8) is 0 Å². The Morgan fingerprint density at radius 3 is 2.27 bits per heavy atom. The molecule has 1 fully saturated rings. The molecular formula is C47H48IrN2SSi-2. The van der Waals surface area contributed by atoms with E-state index in [0.29, 0.717) is 11.8 Å². The maximum Gasteiger partial charge on any atom is 0.0798 e. The first kappa shape index (κ1) is 38.0. The Morgan fingerprint density at radius 2 is 1.54 bits per heavy atom. The van der Waals surface area contributed by atoms with Crippen molar-refractivity contribution in [3.05, 3.63) is 139 Å². The average Bonchev–Trinajstić information content (AvgIpc) is 3.54. The van der Waals surface area contributed by atoms with Crippen molar-refractivity contribution in [1.29, 1.82) is 0 Å². The number of benzene rings is 4. The van der Waals surface area contributed by atoms with Crippen LogP contribution in [0.5, 0.6) is 0 Å². The normalized spacial score (nSPS) is 13.5. The van der Waals surface area contributed by atoms with Crippen LogP contribution in [0.3, 0.4) is 0 Å². The maximum atomic E-state index is 4.77. The summed E-state index contributed by atoms with van der Waals surface area (Å²) < 4.78 is 2.61. The standard InChI is InChI=1S/C29H24NS.C18H24NSi.Ir/c1-3-8-20(9-4-1)22-14-15-24-25-12-7-13-26(29(25)31-28(24)19-22)27-18-23(16-17-30-27)21-10-5-2-6-11-21;1-14(2)11-16-12-17(15-9-7-6-8-10-15)19-13-18(16)20(3,4)5;/h1,3-4,7-9,12,14-19,21H,2,5-6,10-11H2;6-9,12-14H,11H2,1-5H3;/q2*-1;. The number of nitrogens with zero attached hydrogens (tertiary/aromatic N) is 2. The van der Waals surface area contributed by atoms with Crippen molar-refractivity contribution >= 4 is 44.8 Å².